The van der Waals surface area contributed by atoms with Gasteiger partial charge >= 0.3 is 6.18 Å². The summed E-state index contributed by atoms with van der Waals surface area (Å²) in [5.74, 6) is -0.852. The Kier molecular flexibility index (Phi) is 6.23. The number of para-hydroxylation sites is 1. The number of hydrazine groups is 1. The molecule has 3 rings (SSSR count). The number of amides is 2. The van der Waals surface area contributed by atoms with E-state index in [1.165, 1.54) is 30.3 Å². The van der Waals surface area contributed by atoms with Gasteiger partial charge in [0.05, 0.1) is 23.6 Å². The van der Waals surface area contributed by atoms with Crippen molar-refractivity contribution in [1.29, 1.82) is 0 Å². The van der Waals surface area contributed by atoms with Gasteiger partial charge in [-0.15, -0.1) is 5.10 Å². The van der Waals surface area contributed by atoms with Gasteiger partial charge in [0, 0.05) is 5.56 Å². The van der Waals surface area contributed by atoms with Gasteiger partial charge < -0.3 is 4.74 Å². The molecule has 0 saturated heterocycles. The molecule has 0 fully saturated rings. The maximum absolute atomic E-state index is 13.2. The van der Waals surface area contributed by atoms with Crippen LogP contribution in [0.5, 0.6) is 5.75 Å². The zero-order valence-corrected chi connectivity index (χ0v) is 16.5. The van der Waals surface area contributed by atoms with Crippen LogP contribution in [0.2, 0.25) is 0 Å². The highest BCUT2D eigenvalue weighted by Gasteiger charge is 2.34. The topological polar surface area (TPSA) is 98.1 Å². The number of carbonyl (C=O) groups excluding carboxylic acids is 2. The number of aromatic nitrogens is 3. The molecule has 0 unspecified atom stereocenters. The normalized spacial score (nSPS) is 11.3. The van der Waals surface area contributed by atoms with Crippen molar-refractivity contribution in [3.05, 3.63) is 71.5 Å². The highest BCUT2D eigenvalue weighted by atomic mass is 19.4. The fraction of sp³-hybridized carbons (Fsp3) is 0.200. The zero-order valence-electron chi connectivity index (χ0n) is 16.5. The van der Waals surface area contributed by atoms with E-state index in [1.54, 1.807) is 12.1 Å². The monoisotopic (exact) mass is 433 g/mol. The van der Waals surface area contributed by atoms with E-state index in [9.17, 15) is 22.8 Å². The fourth-order valence-electron chi connectivity index (χ4n) is 2.61. The van der Waals surface area contributed by atoms with E-state index in [2.05, 4.69) is 21.2 Å². The Morgan fingerprint density at radius 3 is 2.29 bits per heavy atom. The van der Waals surface area contributed by atoms with Gasteiger partial charge in [0.15, 0.2) is 5.69 Å². The molecule has 162 valence electrons. The number of rotatable bonds is 5. The van der Waals surface area contributed by atoms with E-state index in [-0.39, 0.29) is 23.0 Å². The lowest BCUT2D eigenvalue weighted by Crippen LogP contribution is -2.41. The van der Waals surface area contributed by atoms with Gasteiger partial charge in [-0.05, 0) is 50.2 Å². The van der Waals surface area contributed by atoms with Crippen LogP contribution in [0.4, 0.5) is 13.2 Å². The van der Waals surface area contributed by atoms with Crippen LogP contribution in [-0.4, -0.2) is 32.9 Å². The standard InChI is InChI=1S/C20H18F3N5O3/c1-12(2)31-14-9-7-13(8-10-14)18(29)25-26-19(30)16-11-28(27-24-16)17-6-4-3-5-15(17)20(21,22)23/h3-12H,1-2H3,(H,25,29)(H,26,30). The van der Waals surface area contributed by atoms with Gasteiger partial charge in [0.2, 0.25) is 0 Å². The number of alkyl halides is 3. The minimum atomic E-state index is -4.60. The smallest absolute Gasteiger partial charge is 0.418 e. The maximum Gasteiger partial charge on any atom is 0.418 e. The molecule has 0 atom stereocenters. The van der Waals surface area contributed by atoms with Crippen LogP contribution in [0, 0.1) is 0 Å². The van der Waals surface area contributed by atoms with E-state index in [4.69, 9.17) is 4.74 Å². The molecule has 1 aromatic heterocycles. The molecule has 31 heavy (non-hydrogen) atoms. The van der Waals surface area contributed by atoms with E-state index in [1.807, 2.05) is 13.8 Å². The number of nitrogens with zero attached hydrogens (tertiary/aromatic N) is 3. The Hall–Kier alpha value is -3.89. The quantitative estimate of drug-likeness (QED) is 0.603. The van der Waals surface area contributed by atoms with Crippen molar-refractivity contribution < 1.29 is 27.5 Å². The number of benzene rings is 2. The first-order valence-corrected chi connectivity index (χ1v) is 9.11. The zero-order chi connectivity index (χ0) is 22.6. The third-order valence-electron chi connectivity index (χ3n) is 3.96. The van der Waals surface area contributed by atoms with Crippen molar-refractivity contribution in [3.63, 3.8) is 0 Å². The molecule has 8 nitrogen and oxygen atoms in total. The number of nitrogens with one attached hydrogen (secondary N) is 2. The second kappa shape index (κ2) is 8.86. The first-order chi connectivity index (χ1) is 14.6. The number of ether oxygens (including phenoxy) is 1. The average Bonchev–Trinajstić information content (AvgIpc) is 3.21. The second-order valence-electron chi connectivity index (χ2n) is 6.66. The highest BCUT2D eigenvalue weighted by molar-refractivity contribution is 5.98. The van der Waals surface area contributed by atoms with E-state index in [0.717, 1.165) is 16.9 Å². The fourth-order valence-corrected chi connectivity index (χ4v) is 2.61. The first-order valence-electron chi connectivity index (χ1n) is 9.11. The summed E-state index contributed by atoms with van der Waals surface area (Å²) in [6, 6.07) is 11.0. The summed E-state index contributed by atoms with van der Waals surface area (Å²) in [6.07, 6.45) is -3.59. The molecule has 2 aromatic carbocycles. The molecule has 0 spiro atoms. The third kappa shape index (κ3) is 5.38. The van der Waals surface area contributed by atoms with E-state index >= 15 is 0 Å². The minimum absolute atomic E-state index is 0.0181. The number of hydrogen-bond donors (Lipinski definition) is 2. The Bertz CT molecular complexity index is 1080. The van der Waals surface area contributed by atoms with Gasteiger partial charge in [-0.3, -0.25) is 20.4 Å². The summed E-state index contributed by atoms with van der Waals surface area (Å²) in [5.41, 5.74) is 3.13. The lowest BCUT2D eigenvalue weighted by Gasteiger charge is -2.11. The molecule has 0 aliphatic carbocycles. The number of carbonyl (C=O) groups is 2. The molecule has 2 amide bonds. The lowest BCUT2D eigenvalue weighted by atomic mass is 10.1. The summed E-state index contributed by atoms with van der Waals surface area (Å²) in [5, 5.41) is 7.15. The Labute approximate surface area is 175 Å². The molecule has 0 bridgehead atoms. The van der Waals surface area contributed by atoms with Crippen LogP contribution in [-0.2, 0) is 6.18 Å². The number of halogens is 3. The predicted octanol–water partition coefficient (Wildman–Crippen LogP) is 3.15. The van der Waals surface area contributed by atoms with Crippen molar-refractivity contribution in [3.8, 4) is 11.4 Å². The molecular formula is C20H18F3N5O3. The van der Waals surface area contributed by atoms with Crippen LogP contribution in [0.1, 0.15) is 40.3 Å². The van der Waals surface area contributed by atoms with Gasteiger partial charge in [-0.1, -0.05) is 17.3 Å². The summed E-state index contributed by atoms with van der Waals surface area (Å²) < 4.78 is 45.8. The third-order valence-corrected chi connectivity index (χ3v) is 3.96. The Morgan fingerprint density at radius 1 is 1.00 bits per heavy atom. The Morgan fingerprint density at radius 2 is 1.65 bits per heavy atom. The molecule has 2 N–H and O–H groups in total. The maximum atomic E-state index is 13.2. The van der Waals surface area contributed by atoms with Crippen LogP contribution in [0.25, 0.3) is 5.69 Å². The molecule has 0 radical (unpaired) electrons. The molecular weight excluding hydrogens is 415 g/mol. The largest absolute Gasteiger partial charge is 0.491 e. The molecule has 1 heterocycles. The molecule has 0 saturated carbocycles. The van der Waals surface area contributed by atoms with Crippen molar-refractivity contribution >= 4 is 11.8 Å². The van der Waals surface area contributed by atoms with Crippen molar-refractivity contribution in [2.24, 2.45) is 0 Å². The van der Waals surface area contributed by atoms with Crippen molar-refractivity contribution in [1.82, 2.24) is 25.8 Å². The molecule has 3 aromatic rings. The van der Waals surface area contributed by atoms with Gasteiger partial charge in [0.25, 0.3) is 11.8 Å². The average molecular weight is 433 g/mol. The van der Waals surface area contributed by atoms with Crippen LogP contribution in [0.3, 0.4) is 0 Å². The van der Waals surface area contributed by atoms with Crippen LogP contribution in [0.15, 0.2) is 54.7 Å². The molecule has 0 aliphatic rings. The van der Waals surface area contributed by atoms with Crippen LogP contribution >= 0.6 is 0 Å². The molecule has 11 heteroatoms. The predicted molar refractivity (Wildman–Crippen MR) is 103 cm³/mol. The van der Waals surface area contributed by atoms with E-state index < -0.39 is 23.6 Å². The second-order valence-corrected chi connectivity index (χ2v) is 6.66. The number of hydrogen-bond acceptors (Lipinski definition) is 5. The SMILES string of the molecule is CC(C)Oc1ccc(C(=O)NNC(=O)c2cn(-c3ccccc3C(F)(F)F)nn2)cc1. The van der Waals surface area contributed by atoms with Crippen LogP contribution < -0.4 is 15.6 Å². The van der Waals surface area contributed by atoms with E-state index in [0.29, 0.717) is 5.75 Å². The summed E-state index contributed by atoms with van der Waals surface area (Å²) in [6.45, 7) is 3.74. The Balaban J connectivity index is 1.65. The van der Waals surface area contributed by atoms with Crippen molar-refractivity contribution in [2.45, 2.75) is 26.1 Å². The summed E-state index contributed by atoms with van der Waals surface area (Å²) >= 11 is 0. The summed E-state index contributed by atoms with van der Waals surface area (Å²) in [4.78, 5) is 24.4. The minimum Gasteiger partial charge on any atom is -0.491 e. The molecule has 0 aliphatic heterocycles. The van der Waals surface area contributed by atoms with Gasteiger partial charge in [-0.25, -0.2) is 4.68 Å². The lowest BCUT2D eigenvalue weighted by molar-refractivity contribution is -0.137. The highest BCUT2D eigenvalue weighted by Crippen LogP contribution is 2.33. The first kappa shape index (κ1) is 21.8. The van der Waals surface area contributed by atoms with Crippen molar-refractivity contribution in [2.75, 3.05) is 0 Å². The summed E-state index contributed by atoms with van der Waals surface area (Å²) in [7, 11) is 0. The van der Waals surface area contributed by atoms with Gasteiger partial charge in [-0.2, -0.15) is 13.2 Å². The van der Waals surface area contributed by atoms with Gasteiger partial charge in [0.1, 0.15) is 5.75 Å².